The summed E-state index contributed by atoms with van der Waals surface area (Å²) >= 11 is 7.38. The Bertz CT molecular complexity index is 349. The molecule has 3 nitrogen and oxygen atoms in total. The lowest BCUT2D eigenvalue weighted by atomic mass is 10.4. The molecule has 0 radical (unpaired) electrons. The average molecular weight is 245 g/mol. The molecule has 2 rings (SSSR count). The van der Waals surface area contributed by atoms with Gasteiger partial charge >= 0.3 is 0 Å². The van der Waals surface area contributed by atoms with Crippen molar-refractivity contribution in [3.63, 3.8) is 0 Å². The first-order valence-corrected chi connectivity index (χ1v) is 6.23. The lowest BCUT2D eigenvalue weighted by Crippen LogP contribution is -2.34. The quantitative estimate of drug-likeness (QED) is 0.829. The van der Waals surface area contributed by atoms with Gasteiger partial charge in [-0.05, 0) is 18.9 Å². The van der Waals surface area contributed by atoms with Crippen LogP contribution < -0.4 is 10.6 Å². The first-order chi connectivity index (χ1) is 7.24. The lowest BCUT2D eigenvalue weighted by molar-refractivity contribution is -0.120. The van der Waals surface area contributed by atoms with Gasteiger partial charge in [0.05, 0.1) is 11.6 Å². The van der Waals surface area contributed by atoms with E-state index in [1.165, 1.54) is 0 Å². The van der Waals surface area contributed by atoms with Crippen molar-refractivity contribution >= 4 is 28.8 Å². The van der Waals surface area contributed by atoms with Crippen LogP contribution in [0.3, 0.4) is 0 Å². The van der Waals surface area contributed by atoms with Gasteiger partial charge in [0.2, 0.25) is 5.91 Å². The summed E-state index contributed by atoms with van der Waals surface area (Å²) in [4.78, 5) is 12.4. The third kappa shape index (κ3) is 3.81. The van der Waals surface area contributed by atoms with Crippen molar-refractivity contribution in [2.75, 3.05) is 6.54 Å². The first-order valence-electron chi connectivity index (χ1n) is 4.97. The highest BCUT2D eigenvalue weighted by Crippen LogP contribution is 2.19. The van der Waals surface area contributed by atoms with E-state index in [0.29, 0.717) is 19.1 Å². The number of carbonyl (C=O) groups excluding carboxylic acids is 1. The van der Waals surface area contributed by atoms with Crippen LogP contribution in [0.1, 0.15) is 17.7 Å². The highest BCUT2D eigenvalue weighted by molar-refractivity contribution is 7.10. The van der Waals surface area contributed by atoms with Crippen LogP contribution in [0.25, 0.3) is 0 Å². The lowest BCUT2D eigenvalue weighted by Gasteiger charge is -2.03. The second-order valence-electron chi connectivity index (χ2n) is 3.68. The fourth-order valence-electron chi connectivity index (χ4n) is 1.25. The number of hydrogen-bond acceptors (Lipinski definition) is 3. The molecule has 0 aliphatic heterocycles. The number of hydrogen-bond donors (Lipinski definition) is 2. The van der Waals surface area contributed by atoms with Crippen molar-refractivity contribution < 1.29 is 4.79 Å². The summed E-state index contributed by atoms with van der Waals surface area (Å²) in [6.45, 7) is 1.08. The maximum Gasteiger partial charge on any atom is 0.234 e. The maximum atomic E-state index is 11.3. The molecule has 1 heterocycles. The van der Waals surface area contributed by atoms with E-state index >= 15 is 0 Å². The van der Waals surface area contributed by atoms with Gasteiger partial charge in [0.25, 0.3) is 0 Å². The van der Waals surface area contributed by atoms with E-state index < -0.39 is 0 Å². The minimum atomic E-state index is 0.0835. The van der Waals surface area contributed by atoms with Gasteiger partial charge in [-0.25, -0.2) is 0 Å². The summed E-state index contributed by atoms with van der Waals surface area (Å²) in [6.07, 6.45) is 2.26. The average Bonchev–Trinajstić information content (AvgIpc) is 2.89. The van der Waals surface area contributed by atoms with E-state index in [1.807, 2.05) is 11.4 Å². The Morgan fingerprint density at radius 2 is 2.40 bits per heavy atom. The molecule has 0 aromatic carbocycles. The second-order valence-corrected chi connectivity index (χ2v) is 5.11. The molecule has 1 aromatic heterocycles. The molecule has 5 heteroatoms. The normalized spacial score (nSPS) is 15.3. The summed E-state index contributed by atoms with van der Waals surface area (Å²) in [5, 5.41) is 8.66. The van der Waals surface area contributed by atoms with Gasteiger partial charge in [0.15, 0.2) is 0 Å². The van der Waals surface area contributed by atoms with Crippen LogP contribution in [0.5, 0.6) is 0 Å². The summed E-state index contributed by atoms with van der Waals surface area (Å²) in [5.41, 5.74) is 0. The highest BCUT2D eigenvalue weighted by atomic mass is 35.5. The Balaban J connectivity index is 1.63. The van der Waals surface area contributed by atoms with Crippen molar-refractivity contribution in [1.82, 2.24) is 10.6 Å². The van der Waals surface area contributed by atoms with Crippen LogP contribution in [-0.4, -0.2) is 18.5 Å². The maximum absolute atomic E-state index is 11.3. The van der Waals surface area contributed by atoms with Crippen LogP contribution in [0.4, 0.5) is 0 Å². The van der Waals surface area contributed by atoms with Crippen molar-refractivity contribution in [1.29, 1.82) is 0 Å². The van der Waals surface area contributed by atoms with Crippen molar-refractivity contribution in [2.45, 2.75) is 25.4 Å². The Kier molecular flexibility index (Phi) is 3.61. The molecular formula is C10H13ClN2OS. The summed E-state index contributed by atoms with van der Waals surface area (Å²) in [7, 11) is 0. The minimum absolute atomic E-state index is 0.0835. The van der Waals surface area contributed by atoms with Gasteiger partial charge in [-0.3, -0.25) is 4.79 Å². The molecule has 1 amide bonds. The van der Waals surface area contributed by atoms with Crippen molar-refractivity contribution in [2.24, 2.45) is 0 Å². The Hall–Kier alpha value is -0.580. The summed E-state index contributed by atoms with van der Waals surface area (Å²) in [6, 6.07) is 2.35. The second kappa shape index (κ2) is 4.96. The van der Waals surface area contributed by atoms with E-state index in [4.69, 9.17) is 11.6 Å². The molecular weight excluding hydrogens is 232 g/mol. The van der Waals surface area contributed by atoms with Crippen LogP contribution in [0.15, 0.2) is 11.4 Å². The van der Waals surface area contributed by atoms with Crippen LogP contribution >= 0.6 is 22.9 Å². The number of halogens is 1. The minimum Gasteiger partial charge on any atom is -0.352 e. The van der Waals surface area contributed by atoms with E-state index in [9.17, 15) is 4.79 Å². The Labute approximate surface area is 97.8 Å². The van der Waals surface area contributed by atoms with Crippen LogP contribution in [-0.2, 0) is 11.3 Å². The smallest absolute Gasteiger partial charge is 0.234 e. The van der Waals surface area contributed by atoms with Crippen molar-refractivity contribution in [3.05, 3.63) is 21.3 Å². The molecule has 1 aromatic rings. The third-order valence-electron chi connectivity index (χ3n) is 2.15. The molecule has 0 atom stereocenters. The van der Waals surface area contributed by atoms with Crippen LogP contribution in [0.2, 0.25) is 5.02 Å². The number of thiophene rings is 1. The zero-order chi connectivity index (χ0) is 10.7. The number of amides is 1. The van der Waals surface area contributed by atoms with Gasteiger partial charge < -0.3 is 10.6 Å². The van der Waals surface area contributed by atoms with E-state index in [-0.39, 0.29) is 5.91 Å². The molecule has 0 saturated heterocycles. The van der Waals surface area contributed by atoms with Gasteiger partial charge in [-0.15, -0.1) is 11.3 Å². The molecule has 0 bridgehead atoms. The topological polar surface area (TPSA) is 41.1 Å². The molecule has 15 heavy (non-hydrogen) atoms. The molecule has 1 saturated carbocycles. The fraction of sp³-hybridized carbons (Fsp3) is 0.500. The van der Waals surface area contributed by atoms with E-state index in [2.05, 4.69) is 10.6 Å². The predicted octanol–water partition coefficient (Wildman–Crippen LogP) is 1.77. The zero-order valence-electron chi connectivity index (χ0n) is 8.25. The molecule has 82 valence electrons. The molecule has 0 spiro atoms. The zero-order valence-corrected chi connectivity index (χ0v) is 9.83. The largest absolute Gasteiger partial charge is 0.352 e. The Morgan fingerprint density at radius 1 is 1.60 bits per heavy atom. The first kappa shape index (κ1) is 10.9. The van der Waals surface area contributed by atoms with Crippen LogP contribution in [0, 0.1) is 0 Å². The van der Waals surface area contributed by atoms with Gasteiger partial charge in [-0.2, -0.15) is 0 Å². The van der Waals surface area contributed by atoms with Gasteiger partial charge in [0, 0.05) is 22.8 Å². The Morgan fingerprint density at radius 3 is 3.00 bits per heavy atom. The van der Waals surface area contributed by atoms with Gasteiger partial charge in [0.1, 0.15) is 0 Å². The number of nitrogens with one attached hydrogen (secondary N) is 2. The van der Waals surface area contributed by atoms with Gasteiger partial charge in [-0.1, -0.05) is 11.6 Å². The van der Waals surface area contributed by atoms with E-state index in [0.717, 1.165) is 22.7 Å². The standard InChI is InChI=1S/C10H13ClN2OS/c11-7-3-9(15-6-7)4-12-5-10(14)13-8-1-2-8/h3,6,8,12H,1-2,4-5H2,(H,13,14). The monoisotopic (exact) mass is 244 g/mol. The molecule has 1 aliphatic carbocycles. The predicted molar refractivity (Wildman–Crippen MR) is 62.2 cm³/mol. The van der Waals surface area contributed by atoms with E-state index in [1.54, 1.807) is 11.3 Å². The molecule has 0 unspecified atom stereocenters. The summed E-state index contributed by atoms with van der Waals surface area (Å²) < 4.78 is 0. The fourth-order valence-corrected chi connectivity index (χ4v) is 2.29. The molecule has 1 aliphatic rings. The van der Waals surface area contributed by atoms with Crippen molar-refractivity contribution in [3.8, 4) is 0 Å². The molecule has 1 fully saturated rings. The number of carbonyl (C=O) groups is 1. The number of rotatable bonds is 5. The SMILES string of the molecule is O=C(CNCc1cc(Cl)cs1)NC1CC1. The third-order valence-corrected chi connectivity index (χ3v) is 3.43. The molecule has 2 N–H and O–H groups in total. The summed E-state index contributed by atoms with van der Waals surface area (Å²) in [5.74, 6) is 0.0835. The highest BCUT2D eigenvalue weighted by Gasteiger charge is 2.22.